The van der Waals surface area contributed by atoms with Crippen molar-refractivity contribution >= 4 is 40.4 Å². The van der Waals surface area contributed by atoms with E-state index in [4.69, 9.17) is 14.2 Å². The Kier molecular flexibility index (Phi) is 11.4. The fourth-order valence-electron chi connectivity index (χ4n) is 3.65. The zero-order valence-corrected chi connectivity index (χ0v) is 21.9. The summed E-state index contributed by atoms with van der Waals surface area (Å²) in [5, 5.41) is 2.78. The standard InChI is InChI=1S/C23H30BrN5O4.ClH/c1-31-19-10-9-18(20(32-2)21(19)33-3)15-28-11-13-29(14-12-28)16-25-23(27-24)26-22(30)17-7-5-4-6-8-17;/h4-10H,11-16H2,1-3H3,(H2,25,26,27,30);1H. The van der Waals surface area contributed by atoms with Crippen LogP contribution in [0.1, 0.15) is 15.9 Å². The Morgan fingerprint density at radius 3 is 2.18 bits per heavy atom. The lowest BCUT2D eigenvalue weighted by Gasteiger charge is -2.34. The number of benzene rings is 2. The van der Waals surface area contributed by atoms with Gasteiger partial charge in [-0.25, -0.2) is 4.99 Å². The molecule has 2 N–H and O–H groups in total. The molecule has 0 aliphatic carbocycles. The Bertz CT molecular complexity index is 956. The van der Waals surface area contributed by atoms with Crippen LogP contribution < -0.4 is 23.9 Å². The topological polar surface area (TPSA) is 87.7 Å². The highest BCUT2D eigenvalue weighted by Crippen LogP contribution is 2.40. The number of methoxy groups -OCH3 is 3. The number of hydrogen-bond donors (Lipinski definition) is 2. The minimum atomic E-state index is -0.213. The molecular formula is C23H31BrClN5O4. The predicted octanol–water partition coefficient (Wildman–Crippen LogP) is 2.89. The first-order valence-electron chi connectivity index (χ1n) is 10.6. The van der Waals surface area contributed by atoms with Crippen molar-refractivity contribution in [2.45, 2.75) is 6.54 Å². The fourth-order valence-corrected chi connectivity index (χ4v) is 3.87. The minimum Gasteiger partial charge on any atom is -0.493 e. The van der Waals surface area contributed by atoms with Gasteiger partial charge in [-0.1, -0.05) is 24.3 Å². The summed E-state index contributed by atoms with van der Waals surface area (Å²) in [5.74, 6) is 2.12. The van der Waals surface area contributed by atoms with E-state index in [2.05, 4.69) is 40.6 Å². The van der Waals surface area contributed by atoms with Crippen LogP contribution in [0.25, 0.3) is 0 Å². The molecule has 11 heteroatoms. The molecule has 1 saturated heterocycles. The first kappa shape index (κ1) is 27.7. The van der Waals surface area contributed by atoms with Crippen LogP contribution in [0.5, 0.6) is 17.2 Å². The van der Waals surface area contributed by atoms with Gasteiger partial charge in [0, 0.05) is 60.0 Å². The van der Waals surface area contributed by atoms with Gasteiger partial charge in [-0.2, -0.15) is 0 Å². The second kappa shape index (κ2) is 14.0. The van der Waals surface area contributed by atoms with Crippen molar-refractivity contribution < 1.29 is 19.0 Å². The summed E-state index contributed by atoms with van der Waals surface area (Å²) in [5.41, 5.74) is 1.63. The number of amides is 1. The predicted molar refractivity (Wildman–Crippen MR) is 138 cm³/mol. The molecule has 34 heavy (non-hydrogen) atoms. The number of hydrogen-bond acceptors (Lipinski definition) is 7. The molecule has 2 aromatic rings. The first-order valence-corrected chi connectivity index (χ1v) is 11.4. The second-order valence-electron chi connectivity index (χ2n) is 7.45. The van der Waals surface area contributed by atoms with E-state index in [1.54, 1.807) is 33.5 Å². The van der Waals surface area contributed by atoms with Crippen LogP contribution in [-0.4, -0.2) is 75.8 Å². The van der Waals surface area contributed by atoms with Crippen LogP contribution in [0.2, 0.25) is 0 Å². The molecule has 0 saturated carbocycles. The second-order valence-corrected chi connectivity index (χ2v) is 7.85. The highest BCUT2D eigenvalue weighted by molar-refractivity contribution is 9.08. The molecule has 1 amide bonds. The highest BCUT2D eigenvalue weighted by atomic mass is 79.9. The van der Waals surface area contributed by atoms with E-state index in [0.29, 0.717) is 35.4 Å². The molecule has 0 aromatic heterocycles. The average Bonchev–Trinajstić information content (AvgIpc) is 2.87. The van der Waals surface area contributed by atoms with Crippen molar-refractivity contribution in [2.75, 3.05) is 54.2 Å². The van der Waals surface area contributed by atoms with Gasteiger partial charge in [0.25, 0.3) is 5.91 Å². The molecule has 0 unspecified atom stereocenters. The number of piperazine rings is 1. The van der Waals surface area contributed by atoms with Crippen LogP contribution in [0, 0.1) is 0 Å². The van der Waals surface area contributed by atoms with Crippen molar-refractivity contribution in [2.24, 2.45) is 4.99 Å². The molecule has 0 spiro atoms. The third-order valence-corrected chi connectivity index (χ3v) is 5.81. The Labute approximate surface area is 215 Å². The van der Waals surface area contributed by atoms with Crippen LogP contribution in [0.3, 0.4) is 0 Å². The number of ether oxygens (including phenoxy) is 3. The quantitative estimate of drug-likeness (QED) is 0.294. The molecule has 1 fully saturated rings. The third kappa shape index (κ3) is 7.23. The molecule has 186 valence electrons. The summed E-state index contributed by atoms with van der Waals surface area (Å²) >= 11 is 3.17. The van der Waals surface area contributed by atoms with Crippen molar-refractivity contribution in [3.63, 3.8) is 0 Å². The minimum absolute atomic E-state index is 0. The van der Waals surface area contributed by atoms with Crippen molar-refractivity contribution in [3.8, 4) is 17.2 Å². The number of halogens is 2. The average molecular weight is 557 g/mol. The molecule has 0 bridgehead atoms. The summed E-state index contributed by atoms with van der Waals surface area (Å²) in [7, 11) is 4.87. The van der Waals surface area contributed by atoms with Gasteiger partial charge in [0.15, 0.2) is 11.5 Å². The van der Waals surface area contributed by atoms with E-state index in [1.165, 1.54) is 0 Å². The first-order chi connectivity index (χ1) is 16.1. The molecule has 2 aromatic carbocycles. The number of rotatable bonds is 8. The maximum absolute atomic E-state index is 12.3. The van der Waals surface area contributed by atoms with Gasteiger partial charge in [-0.15, -0.1) is 12.4 Å². The van der Waals surface area contributed by atoms with Crippen molar-refractivity contribution in [3.05, 3.63) is 53.6 Å². The zero-order valence-electron chi connectivity index (χ0n) is 19.5. The summed E-state index contributed by atoms with van der Waals surface area (Å²) in [6, 6.07) is 13.0. The normalized spacial score (nSPS) is 14.6. The Balaban J connectivity index is 0.00000408. The van der Waals surface area contributed by atoms with E-state index in [1.807, 2.05) is 30.3 Å². The summed E-state index contributed by atoms with van der Waals surface area (Å²) < 4.78 is 19.2. The maximum atomic E-state index is 12.3. The molecular weight excluding hydrogens is 526 g/mol. The molecule has 0 radical (unpaired) electrons. The molecule has 1 aliphatic rings. The summed E-state index contributed by atoms with van der Waals surface area (Å²) in [6.07, 6.45) is 0. The third-order valence-electron chi connectivity index (χ3n) is 5.43. The lowest BCUT2D eigenvalue weighted by Crippen LogP contribution is -2.46. The zero-order chi connectivity index (χ0) is 23.6. The van der Waals surface area contributed by atoms with Gasteiger partial charge >= 0.3 is 0 Å². The molecule has 0 atom stereocenters. The van der Waals surface area contributed by atoms with Gasteiger partial charge < -0.3 is 14.2 Å². The summed E-state index contributed by atoms with van der Waals surface area (Å²) in [6.45, 7) is 4.74. The molecule has 9 nitrogen and oxygen atoms in total. The van der Waals surface area contributed by atoms with Crippen LogP contribution in [-0.2, 0) is 6.54 Å². The molecule has 1 aliphatic heterocycles. The van der Waals surface area contributed by atoms with Gasteiger partial charge in [-0.05, 0) is 18.2 Å². The van der Waals surface area contributed by atoms with Crippen LogP contribution >= 0.6 is 28.6 Å². The number of nitrogens with one attached hydrogen (secondary N) is 2. The van der Waals surface area contributed by atoms with Crippen LogP contribution in [0.4, 0.5) is 0 Å². The van der Waals surface area contributed by atoms with Gasteiger partial charge in [-0.3, -0.25) is 24.3 Å². The van der Waals surface area contributed by atoms with E-state index in [9.17, 15) is 4.79 Å². The lowest BCUT2D eigenvalue weighted by atomic mass is 10.1. The van der Waals surface area contributed by atoms with Gasteiger partial charge in [0.05, 0.1) is 28.0 Å². The number of guanidine groups is 1. The van der Waals surface area contributed by atoms with E-state index in [-0.39, 0.29) is 18.3 Å². The number of nitrogens with zero attached hydrogens (tertiary/aromatic N) is 3. The Morgan fingerprint density at radius 1 is 0.941 bits per heavy atom. The number of carbonyl (C=O) groups is 1. The highest BCUT2D eigenvalue weighted by Gasteiger charge is 2.21. The number of aliphatic imine (C=N–C) groups is 1. The maximum Gasteiger partial charge on any atom is 0.257 e. The molecule has 3 rings (SSSR count). The van der Waals surface area contributed by atoms with Crippen molar-refractivity contribution in [1.82, 2.24) is 19.5 Å². The SMILES string of the molecule is COc1ccc(CN2CCN(CN=C(NBr)NC(=O)c3ccccc3)CC2)c(OC)c1OC.Cl. The molecule has 1 heterocycles. The van der Waals surface area contributed by atoms with Crippen LogP contribution in [0.15, 0.2) is 47.5 Å². The Morgan fingerprint density at radius 2 is 1.59 bits per heavy atom. The van der Waals surface area contributed by atoms with Gasteiger partial charge in [0.1, 0.15) is 0 Å². The van der Waals surface area contributed by atoms with Gasteiger partial charge in [0.2, 0.25) is 11.7 Å². The largest absolute Gasteiger partial charge is 0.493 e. The lowest BCUT2D eigenvalue weighted by molar-refractivity contribution is 0.0975. The smallest absolute Gasteiger partial charge is 0.257 e. The van der Waals surface area contributed by atoms with Crippen molar-refractivity contribution in [1.29, 1.82) is 0 Å². The van der Waals surface area contributed by atoms with E-state index in [0.717, 1.165) is 38.3 Å². The monoisotopic (exact) mass is 555 g/mol. The Hall–Kier alpha value is -2.53. The summed E-state index contributed by atoms with van der Waals surface area (Å²) in [4.78, 5) is 21.4. The number of carbonyl (C=O) groups excluding carboxylic acids is 1. The van der Waals surface area contributed by atoms with E-state index >= 15 is 0 Å². The fraction of sp³-hybridized carbons (Fsp3) is 0.391. The van der Waals surface area contributed by atoms with E-state index < -0.39 is 0 Å².